The van der Waals surface area contributed by atoms with Crippen molar-refractivity contribution in [2.45, 2.75) is 39.7 Å². The van der Waals surface area contributed by atoms with Gasteiger partial charge in [-0.1, -0.05) is 0 Å². The van der Waals surface area contributed by atoms with Crippen LogP contribution in [0.4, 0.5) is 0 Å². The van der Waals surface area contributed by atoms with Crippen LogP contribution in [0.25, 0.3) is 0 Å². The average Bonchev–Trinajstić information content (AvgIpc) is 2.63. The lowest BCUT2D eigenvalue weighted by atomic mass is 10.0. The highest BCUT2D eigenvalue weighted by Gasteiger charge is 2.27. The van der Waals surface area contributed by atoms with Crippen molar-refractivity contribution in [1.29, 1.82) is 0 Å². The van der Waals surface area contributed by atoms with Gasteiger partial charge in [0.15, 0.2) is 0 Å². The van der Waals surface area contributed by atoms with Crippen molar-refractivity contribution in [3.63, 3.8) is 0 Å². The van der Waals surface area contributed by atoms with Gasteiger partial charge in [0.25, 0.3) is 5.91 Å². The van der Waals surface area contributed by atoms with Crippen molar-refractivity contribution in [1.82, 2.24) is 10.2 Å². The number of nitrogens with one attached hydrogen (secondary N) is 1. The second kappa shape index (κ2) is 5.14. The summed E-state index contributed by atoms with van der Waals surface area (Å²) >= 11 is 0. The lowest BCUT2D eigenvalue weighted by Crippen LogP contribution is -2.46. The van der Waals surface area contributed by atoms with Crippen LogP contribution in [-0.4, -0.2) is 37.0 Å². The Morgan fingerprint density at radius 2 is 2.06 bits per heavy atom. The predicted octanol–water partition coefficient (Wildman–Crippen LogP) is 2.03. The minimum absolute atomic E-state index is 0.0792. The molecule has 1 aliphatic heterocycles. The van der Waals surface area contributed by atoms with Crippen LogP contribution in [-0.2, 0) is 0 Å². The van der Waals surface area contributed by atoms with Crippen LogP contribution < -0.4 is 5.32 Å². The Morgan fingerprint density at radius 3 is 2.56 bits per heavy atom. The summed E-state index contributed by atoms with van der Waals surface area (Å²) in [6.45, 7) is 7.66. The predicted molar refractivity (Wildman–Crippen MR) is 70.9 cm³/mol. The molecule has 100 valence electrons. The van der Waals surface area contributed by atoms with Crippen molar-refractivity contribution < 1.29 is 9.21 Å². The molecule has 1 unspecified atom stereocenters. The summed E-state index contributed by atoms with van der Waals surface area (Å²) in [4.78, 5) is 14.4. The van der Waals surface area contributed by atoms with E-state index in [1.807, 2.05) is 32.7 Å². The zero-order chi connectivity index (χ0) is 13.3. The number of piperidine rings is 1. The van der Waals surface area contributed by atoms with Gasteiger partial charge in [0.1, 0.15) is 11.5 Å². The van der Waals surface area contributed by atoms with Gasteiger partial charge in [0.05, 0.1) is 5.56 Å². The van der Waals surface area contributed by atoms with Crippen LogP contribution in [0.3, 0.4) is 0 Å². The fourth-order valence-corrected chi connectivity index (χ4v) is 2.61. The van der Waals surface area contributed by atoms with Crippen LogP contribution in [0.15, 0.2) is 4.42 Å². The second-order valence-electron chi connectivity index (χ2n) is 5.13. The van der Waals surface area contributed by atoms with Gasteiger partial charge in [-0.3, -0.25) is 4.79 Å². The van der Waals surface area contributed by atoms with E-state index in [0.717, 1.165) is 48.6 Å². The van der Waals surface area contributed by atoms with E-state index < -0.39 is 0 Å². The van der Waals surface area contributed by atoms with Crippen LogP contribution >= 0.6 is 0 Å². The molecule has 1 aliphatic rings. The third kappa shape index (κ3) is 2.29. The molecule has 1 atom stereocenters. The zero-order valence-corrected chi connectivity index (χ0v) is 11.7. The van der Waals surface area contributed by atoms with Gasteiger partial charge in [0, 0.05) is 25.2 Å². The molecule has 1 aromatic heterocycles. The van der Waals surface area contributed by atoms with Gasteiger partial charge in [0.2, 0.25) is 0 Å². The largest absolute Gasteiger partial charge is 0.466 e. The van der Waals surface area contributed by atoms with Crippen LogP contribution in [0, 0.1) is 20.8 Å². The van der Waals surface area contributed by atoms with Crippen LogP contribution in [0.2, 0.25) is 0 Å². The highest BCUT2D eigenvalue weighted by atomic mass is 16.3. The summed E-state index contributed by atoms with van der Waals surface area (Å²) in [6, 6.07) is 0.292. The Labute approximate surface area is 108 Å². The van der Waals surface area contributed by atoms with Gasteiger partial charge in [-0.2, -0.15) is 0 Å². The zero-order valence-electron chi connectivity index (χ0n) is 11.7. The lowest BCUT2D eigenvalue weighted by Gasteiger charge is -2.31. The van der Waals surface area contributed by atoms with E-state index in [4.69, 9.17) is 4.42 Å². The van der Waals surface area contributed by atoms with Gasteiger partial charge < -0.3 is 14.6 Å². The van der Waals surface area contributed by atoms with E-state index in [0.29, 0.717) is 6.04 Å². The van der Waals surface area contributed by atoms with Crippen LogP contribution in [0.5, 0.6) is 0 Å². The Morgan fingerprint density at radius 1 is 1.33 bits per heavy atom. The first-order valence-electron chi connectivity index (χ1n) is 6.56. The number of rotatable bonds is 2. The number of nitrogens with zero attached hydrogens (tertiary/aromatic N) is 1. The molecule has 1 N–H and O–H groups in total. The van der Waals surface area contributed by atoms with Gasteiger partial charge in [-0.25, -0.2) is 0 Å². The molecule has 0 radical (unpaired) electrons. The van der Waals surface area contributed by atoms with Crippen molar-refractivity contribution in [2.24, 2.45) is 0 Å². The highest BCUT2D eigenvalue weighted by Crippen LogP contribution is 2.23. The molecule has 2 rings (SSSR count). The summed E-state index contributed by atoms with van der Waals surface area (Å²) in [5, 5.41) is 3.34. The summed E-state index contributed by atoms with van der Waals surface area (Å²) in [5.41, 5.74) is 1.70. The maximum Gasteiger partial charge on any atom is 0.257 e. The first kappa shape index (κ1) is 13.1. The lowest BCUT2D eigenvalue weighted by molar-refractivity contribution is 0.0706. The number of carbonyl (C=O) groups is 1. The molecule has 2 heterocycles. The van der Waals surface area contributed by atoms with Crippen molar-refractivity contribution >= 4 is 5.91 Å². The molecule has 1 aromatic rings. The minimum atomic E-state index is 0.0792. The topological polar surface area (TPSA) is 45.5 Å². The molecule has 0 bridgehead atoms. The quantitative estimate of drug-likeness (QED) is 0.873. The van der Waals surface area contributed by atoms with E-state index >= 15 is 0 Å². The normalized spacial score (nSPS) is 19.9. The summed E-state index contributed by atoms with van der Waals surface area (Å²) in [5.74, 6) is 1.65. The molecular formula is C14H22N2O2. The van der Waals surface area contributed by atoms with Gasteiger partial charge in [-0.05, 0) is 40.2 Å². The third-order valence-corrected chi connectivity index (χ3v) is 3.91. The Kier molecular flexibility index (Phi) is 3.76. The number of amides is 1. The molecule has 0 spiro atoms. The molecule has 1 fully saturated rings. The van der Waals surface area contributed by atoms with Crippen molar-refractivity contribution in [2.75, 3.05) is 20.1 Å². The maximum atomic E-state index is 12.5. The summed E-state index contributed by atoms with van der Waals surface area (Å²) < 4.78 is 5.54. The second-order valence-corrected chi connectivity index (χ2v) is 5.13. The smallest absolute Gasteiger partial charge is 0.257 e. The number of likely N-dealkylation sites (N-methyl/N-ethyl adjacent to an activating group) is 1. The molecule has 1 amide bonds. The van der Waals surface area contributed by atoms with Crippen LogP contribution in [0.1, 0.15) is 40.3 Å². The van der Waals surface area contributed by atoms with E-state index in [1.54, 1.807) is 0 Å². The van der Waals surface area contributed by atoms with E-state index in [2.05, 4.69) is 5.32 Å². The molecule has 0 aromatic carbocycles. The highest BCUT2D eigenvalue weighted by molar-refractivity contribution is 5.96. The molecular weight excluding hydrogens is 228 g/mol. The number of hydrogen-bond acceptors (Lipinski definition) is 3. The van der Waals surface area contributed by atoms with Gasteiger partial charge in [-0.15, -0.1) is 0 Å². The Hall–Kier alpha value is -1.29. The number of aryl methyl sites for hydroxylation is 2. The van der Waals surface area contributed by atoms with Gasteiger partial charge >= 0.3 is 0 Å². The van der Waals surface area contributed by atoms with E-state index in [-0.39, 0.29) is 5.91 Å². The molecule has 1 saturated heterocycles. The average molecular weight is 250 g/mol. The fraction of sp³-hybridized carbons (Fsp3) is 0.643. The number of furan rings is 1. The van der Waals surface area contributed by atoms with E-state index in [9.17, 15) is 4.79 Å². The van der Waals surface area contributed by atoms with Crippen molar-refractivity contribution in [3.8, 4) is 0 Å². The van der Waals surface area contributed by atoms with Crippen molar-refractivity contribution in [3.05, 3.63) is 22.6 Å². The minimum Gasteiger partial charge on any atom is -0.466 e. The van der Waals surface area contributed by atoms with E-state index in [1.165, 1.54) is 0 Å². The summed E-state index contributed by atoms with van der Waals surface area (Å²) in [7, 11) is 1.89. The number of carbonyl (C=O) groups excluding carboxylic acids is 1. The molecule has 18 heavy (non-hydrogen) atoms. The first-order valence-corrected chi connectivity index (χ1v) is 6.56. The molecule has 4 heteroatoms. The number of hydrogen-bond donors (Lipinski definition) is 1. The Balaban J connectivity index is 2.19. The monoisotopic (exact) mass is 250 g/mol. The molecule has 0 aliphatic carbocycles. The molecule has 0 saturated carbocycles. The first-order chi connectivity index (χ1) is 8.52. The maximum absolute atomic E-state index is 12.5. The standard InChI is InChI=1S/C14H22N2O2/c1-9-10(2)18-11(3)13(9)14(17)16(4)12-6-5-7-15-8-12/h12,15H,5-8H2,1-4H3. The third-order valence-electron chi connectivity index (χ3n) is 3.91. The molecule has 4 nitrogen and oxygen atoms in total. The fourth-order valence-electron chi connectivity index (χ4n) is 2.61. The summed E-state index contributed by atoms with van der Waals surface area (Å²) in [6.07, 6.45) is 2.20. The SMILES string of the molecule is Cc1oc(C)c(C(=O)N(C)C2CCCNC2)c1C. The Bertz CT molecular complexity index is 445.